The van der Waals surface area contributed by atoms with Gasteiger partial charge in [0.15, 0.2) is 9.84 Å². The highest BCUT2D eigenvalue weighted by atomic mass is 32.2. The lowest BCUT2D eigenvalue weighted by Gasteiger charge is -2.13. The maximum Gasteiger partial charge on any atom is 0.221 e. The molecule has 0 radical (unpaired) electrons. The number of anilines is 1. The average molecular weight is 364 g/mol. The fraction of sp³-hybridized carbons (Fsp3) is 0.278. The summed E-state index contributed by atoms with van der Waals surface area (Å²) in [6.45, 7) is 1.88. The van der Waals surface area contributed by atoms with Gasteiger partial charge in [0, 0.05) is 18.7 Å². The summed E-state index contributed by atoms with van der Waals surface area (Å²) in [7, 11) is -3.67. The number of hydrogen-bond acceptors (Lipinski definition) is 4. The first-order valence-electron chi connectivity index (χ1n) is 7.89. The Hall–Kier alpha value is -2.41. The van der Waals surface area contributed by atoms with Crippen molar-refractivity contribution in [3.05, 3.63) is 59.9 Å². The zero-order valence-corrected chi connectivity index (χ0v) is 14.7. The molecule has 5 nitrogen and oxygen atoms in total. The molecule has 2 rings (SSSR count). The van der Waals surface area contributed by atoms with Crippen molar-refractivity contribution in [2.75, 3.05) is 12.3 Å². The average Bonchev–Trinajstić information content (AvgIpc) is 2.57. The first-order valence-corrected chi connectivity index (χ1v) is 9.44. The standard InChI is InChI=1S/C18H21FN2O3S/c1-13(25(23,24)17-8-4-15(19)5-9-17)12-18(22)21-11-10-14-2-6-16(20)7-3-14/h2-9,13H,10-12,20H2,1H3,(H,21,22). The van der Waals surface area contributed by atoms with E-state index in [2.05, 4.69) is 5.32 Å². The molecule has 134 valence electrons. The van der Waals surface area contributed by atoms with E-state index in [1.807, 2.05) is 12.1 Å². The molecule has 1 amide bonds. The first-order chi connectivity index (χ1) is 11.8. The molecule has 0 aliphatic carbocycles. The zero-order chi connectivity index (χ0) is 18.4. The van der Waals surface area contributed by atoms with Gasteiger partial charge in [-0.25, -0.2) is 12.8 Å². The van der Waals surface area contributed by atoms with Crippen LogP contribution in [-0.4, -0.2) is 26.1 Å². The largest absolute Gasteiger partial charge is 0.399 e. The van der Waals surface area contributed by atoms with Crippen LogP contribution >= 0.6 is 0 Å². The normalized spacial score (nSPS) is 12.6. The number of nitrogen functional groups attached to an aromatic ring is 1. The van der Waals surface area contributed by atoms with Crippen LogP contribution < -0.4 is 11.1 Å². The predicted molar refractivity (Wildman–Crippen MR) is 95.2 cm³/mol. The van der Waals surface area contributed by atoms with Crippen molar-refractivity contribution in [1.82, 2.24) is 5.32 Å². The van der Waals surface area contributed by atoms with E-state index in [1.165, 1.54) is 19.1 Å². The van der Waals surface area contributed by atoms with Crippen LogP contribution in [0, 0.1) is 5.82 Å². The summed E-state index contributed by atoms with van der Waals surface area (Å²) < 4.78 is 37.7. The Balaban J connectivity index is 1.86. The molecule has 0 bridgehead atoms. The van der Waals surface area contributed by atoms with Crippen molar-refractivity contribution in [2.24, 2.45) is 0 Å². The molecule has 0 heterocycles. The second kappa shape index (κ2) is 8.11. The minimum absolute atomic E-state index is 0.0103. The molecule has 0 fully saturated rings. The molecule has 0 aliphatic rings. The summed E-state index contributed by atoms with van der Waals surface area (Å²) in [5, 5.41) is 1.82. The summed E-state index contributed by atoms with van der Waals surface area (Å²) >= 11 is 0. The Morgan fingerprint density at radius 1 is 1.12 bits per heavy atom. The van der Waals surface area contributed by atoms with E-state index in [0.717, 1.165) is 17.7 Å². The Morgan fingerprint density at radius 2 is 1.72 bits per heavy atom. The van der Waals surface area contributed by atoms with Crippen molar-refractivity contribution in [1.29, 1.82) is 0 Å². The van der Waals surface area contributed by atoms with E-state index in [1.54, 1.807) is 12.1 Å². The highest BCUT2D eigenvalue weighted by Crippen LogP contribution is 2.18. The molecule has 3 N–H and O–H groups in total. The van der Waals surface area contributed by atoms with Gasteiger partial charge in [-0.05, 0) is 55.3 Å². The molecule has 0 spiro atoms. The Kier molecular flexibility index (Phi) is 6.14. The third-order valence-corrected chi connectivity index (χ3v) is 6.02. The van der Waals surface area contributed by atoms with Crippen LogP contribution in [0.15, 0.2) is 53.4 Å². The molecule has 1 unspecified atom stereocenters. The zero-order valence-electron chi connectivity index (χ0n) is 13.9. The summed E-state index contributed by atoms with van der Waals surface area (Å²) in [5.74, 6) is -0.847. The molecule has 7 heteroatoms. The predicted octanol–water partition coefficient (Wildman–Crippen LogP) is 2.32. The van der Waals surface area contributed by atoms with Gasteiger partial charge in [0.1, 0.15) is 5.82 Å². The number of sulfone groups is 1. The number of carbonyl (C=O) groups excluding carboxylic acids is 1. The van der Waals surface area contributed by atoms with Crippen LogP contribution in [0.2, 0.25) is 0 Å². The molecule has 0 aliphatic heterocycles. The number of halogens is 1. The number of carbonyl (C=O) groups is 1. The van der Waals surface area contributed by atoms with Gasteiger partial charge >= 0.3 is 0 Å². The van der Waals surface area contributed by atoms with Crippen LogP contribution in [0.4, 0.5) is 10.1 Å². The summed E-state index contributed by atoms with van der Waals surface area (Å²) in [6, 6.07) is 11.9. The third-order valence-electron chi connectivity index (χ3n) is 3.86. The monoisotopic (exact) mass is 364 g/mol. The second-order valence-corrected chi connectivity index (χ2v) is 8.22. The highest BCUT2D eigenvalue weighted by molar-refractivity contribution is 7.92. The smallest absolute Gasteiger partial charge is 0.221 e. The highest BCUT2D eigenvalue weighted by Gasteiger charge is 2.25. The van der Waals surface area contributed by atoms with Crippen LogP contribution in [0.25, 0.3) is 0 Å². The second-order valence-electron chi connectivity index (χ2n) is 5.86. The van der Waals surface area contributed by atoms with E-state index < -0.39 is 20.9 Å². The van der Waals surface area contributed by atoms with Crippen LogP contribution in [0.3, 0.4) is 0 Å². The van der Waals surface area contributed by atoms with Gasteiger partial charge in [-0.1, -0.05) is 12.1 Å². The summed E-state index contributed by atoms with van der Waals surface area (Å²) in [6.07, 6.45) is 0.479. The quantitative estimate of drug-likeness (QED) is 0.583. The van der Waals surface area contributed by atoms with Crippen molar-refractivity contribution in [3.8, 4) is 0 Å². The van der Waals surface area contributed by atoms with E-state index in [9.17, 15) is 17.6 Å². The number of hydrogen-bond donors (Lipinski definition) is 2. The summed E-state index contributed by atoms with van der Waals surface area (Å²) in [4.78, 5) is 12.0. The van der Waals surface area contributed by atoms with E-state index >= 15 is 0 Å². The third kappa shape index (κ3) is 5.29. The number of nitrogens with two attached hydrogens (primary N) is 1. The topological polar surface area (TPSA) is 89.3 Å². The summed E-state index contributed by atoms with van der Waals surface area (Å²) in [5.41, 5.74) is 7.31. The first kappa shape index (κ1) is 18.9. The molecule has 2 aromatic rings. The van der Waals surface area contributed by atoms with Crippen molar-refractivity contribution < 1.29 is 17.6 Å². The van der Waals surface area contributed by atoms with Crippen molar-refractivity contribution in [3.63, 3.8) is 0 Å². The molecule has 0 saturated carbocycles. The van der Waals surface area contributed by atoms with Gasteiger partial charge in [0.25, 0.3) is 0 Å². The fourth-order valence-corrected chi connectivity index (χ4v) is 3.68. The number of rotatable bonds is 7. The van der Waals surface area contributed by atoms with E-state index in [4.69, 9.17) is 5.73 Å². The van der Waals surface area contributed by atoms with Gasteiger partial charge in [0.2, 0.25) is 5.91 Å². The number of amides is 1. The minimum atomic E-state index is -3.67. The van der Waals surface area contributed by atoms with Gasteiger partial charge < -0.3 is 11.1 Å². The van der Waals surface area contributed by atoms with Gasteiger partial charge in [-0.3, -0.25) is 4.79 Å². The van der Waals surface area contributed by atoms with E-state index in [0.29, 0.717) is 18.7 Å². The van der Waals surface area contributed by atoms with Gasteiger partial charge in [-0.2, -0.15) is 0 Å². The molecule has 2 aromatic carbocycles. The van der Waals surface area contributed by atoms with E-state index in [-0.39, 0.29) is 17.2 Å². The Morgan fingerprint density at radius 3 is 2.32 bits per heavy atom. The lowest BCUT2D eigenvalue weighted by molar-refractivity contribution is -0.121. The molecule has 25 heavy (non-hydrogen) atoms. The maximum atomic E-state index is 12.9. The fourth-order valence-electron chi connectivity index (χ4n) is 2.33. The molecular weight excluding hydrogens is 343 g/mol. The number of nitrogens with one attached hydrogen (secondary N) is 1. The van der Waals surface area contributed by atoms with Crippen LogP contribution in [-0.2, 0) is 21.1 Å². The van der Waals surface area contributed by atoms with Gasteiger partial charge in [-0.15, -0.1) is 0 Å². The SMILES string of the molecule is CC(CC(=O)NCCc1ccc(N)cc1)S(=O)(=O)c1ccc(F)cc1. The molecule has 1 atom stereocenters. The molecule has 0 aromatic heterocycles. The van der Waals surface area contributed by atoms with Crippen molar-refractivity contribution >= 4 is 21.4 Å². The maximum absolute atomic E-state index is 12.9. The lowest BCUT2D eigenvalue weighted by atomic mass is 10.1. The number of benzene rings is 2. The molecule has 0 saturated heterocycles. The Labute approximate surface area is 147 Å². The lowest BCUT2D eigenvalue weighted by Crippen LogP contribution is -2.31. The van der Waals surface area contributed by atoms with Crippen LogP contribution in [0.5, 0.6) is 0 Å². The molecular formula is C18H21FN2O3S. The van der Waals surface area contributed by atoms with Gasteiger partial charge in [0.05, 0.1) is 10.1 Å². The Bertz CT molecular complexity index is 818. The van der Waals surface area contributed by atoms with Crippen LogP contribution in [0.1, 0.15) is 18.9 Å². The minimum Gasteiger partial charge on any atom is -0.399 e. The van der Waals surface area contributed by atoms with Crippen molar-refractivity contribution in [2.45, 2.75) is 29.9 Å².